The molecule has 1 aliphatic heterocycles. The maximum atomic E-state index is 12.1. The Kier molecular flexibility index (Phi) is 4.33. The van der Waals surface area contributed by atoms with E-state index in [1.54, 1.807) is 19.1 Å². The van der Waals surface area contributed by atoms with E-state index in [-0.39, 0.29) is 5.75 Å². The minimum absolute atomic E-state index is 0.148. The van der Waals surface area contributed by atoms with E-state index in [2.05, 4.69) is 20.8 Å². The van der Waals surface area contributed by atoms with Crippen LogP contribution in [0.4, 0.5) is 5.69 Å². The molecule has 0 saturated carbocycles. The van der Waals surface area contributed by atoms with Gasteiger partial charge in [-0.3, -0.25) is 0 Å². The number of para-hydroxylation sites is 1. The Balaban J connectivity index is 2.39. The molecule has 18 heavy (non-hydrogen) atoms. The van der Waals surface area contributed by atoms with Crippen LogP contribution < -0.4 is 4.90 Å². The molecule has 100 valence electrons. The van der Waals surface area contributed by atoms with Gasteiger partial charge in [0.25, 0.3) is 0 Å². The highest BCUT2D eigenvalue weighted by Gasteiger charge is 2.23. The summed E-state index contributed by atoms with van der Waals surface area (Å²) in [4.78, 5) is 3.09. The molecule has 1 aromatic rings. The molecule has 5 heteroatoms. The Labute approximate surface area is 117 Å². The van der Waals surface area contributed by atoms with Crippen molar-refractivity contribution in [3.05, 3.63) is 24.3 Å². The van der Waals surface area contributed by atoms with Crippen molar-refractivity contribution < 1.29 is 8.42 Å². The second-order valence-electron chi connectivity index (χ2n) is 4.56. The number of hydrogen-bond donors (Lipinski definition) is 0. The predicted molar refractivity (Wildman–Crippen MR) is 78.3 cm³/mol. The number of nitrogens with zero attached hydrogens (tertiary/aromatic N) is 1. The van der Waals surface area contributed by atoms with Gasteiger partial charge < -0.3 is 4.90 Å². The average molecular weight is 332 g/mol. The van der Waals surface area contributed by atoms with E-state index in [9.17, 15) is 8.42 Å². The van der Waals surface area contributed by atoms with Crippen LogP contribution in [0.25, 0.3) is 0 Å². The smallest absolute Gasteiger partial charge is 0.180 e. The summed E-state index contributed by atoms with van der Waals surface area (Å²) in [5.41, 5.74) is 0.850. The molecule has 3 nitrogen and oxygen atoms in total. The molecule has 0 radical (unpaired) electrons. The number of rotatable bonds is 3. The lowest BCUT2D eigenvalue weighted by molar-refractivity contribution is 0.584. The number of alkyl halides is 1. The third kappa shape index (κ3) is 2.88. The molecule has 1 aliphatic rings. The van der Waals surface area contributed by atoms with Gasteiger partial charge >= 0.3 is 0 Å². The summed E-state index contributed by atoms with van der Waals surface area (Å²) in [6.07, 6.45) is 2.25. The minimum atomic E-state index is -3.15. The first kappa shape index (κ1) is 13.9. The van der Waals surface area contributed by atoms with E-state index < -0.39 is 9.84 Å². The van der Waals surface area contributed by atoms with Crippen molar-refractivity contribution in [2.45, 2.75) is 29.5 Å². The normalized spacial score (nSPS) is 21.0. The van der Waals surface area contributed by atoms with Gasteiger partial charge in [0, 0.05) is 17.9 Å². The number of anilines is 1. The largest absolute Gasteiger partial charge is 0.369 e. The Bertz CT molecular complexity index is 515. The fourth-order valence-electron chi connectivity index (χ4n) is 2.28. The van der Waals surface area contributed by atoms with Gasteiger partial charge in [0.2, 0.25) is 0 Å². The summed E-state index contributed by atoms with van der Waals surface area (Å²) in [6, 6.07) is 7.32. The molecule has 1 saturated heterocycles. The van der Waals surface area contributed by atoms with Crippen LogP contribution in [0.1, 0.15) is 19.8 Å². The molecular formula is C13H18BrNO2S. The quantitative estimate of drug-likeness (QED) is 0.799. The van der Waals surface area contributed by atoms with Crippen LogP contribution in [0.5, 0.6) is 0 Å². The highest BCUT2D eigenvalue weighted by molar-refractivity contribution is 9.09. The van der Waals surface area contributed by atoms with E-state index >= 15 is 0 Å². The molecule has 0 N–H and O–H groups in total. The summed E-state index contributed by atoms with van der Waals surface area (Å²) >= 11 is 3.63. The maximum absolute atomic E-state index is 12.1. The van der Waals surface area contributed by atoms with Crippen LogP contribution in [-0.2, 0) is 9.84 Å². The topological polar surface area (TPSA) is 37.4 Å². The molecule has 2 rings (SSSR count). The standard InChI is InChI=1S/C13H18BrNO2S/c1-2-18(16,17)13-8-4-3-7-12(13)15-9-5-6-11(14)10-15/h3-4,7-8,11H,2,5-6,9-10H2,1H3. The van der Waals surface area contributed by atoms with Crippen molar-refractivity contribution >= 4 is 31.5 Å². The zero-order valence-corrected chi connectivity index (χ0v) is 12.9. The fourth-order valence-corrected chi connectivity index (χ4v) is 4.07. The SMILES string of the molecule is CCS(=O)(=O)c1ccccc1N1CCCC(Br)C1. The molecule has 0 spiro atoms. The Morgan fingerprint density at radius 1 is 1.39 bits per heavy atom. The predicted octanol–water partition coefficient (Wildman–Crippen LogP) is 2.84. The number of halogens is 1. The van der Waals surface area contributed by atoms with Crippen LogP contribution in [0.3, 0.4) is 0 Å². The second-order valence-corrected chi connectivity index (χ2v) is 8.10. The molecule has 0 aromatic heterocycles. The molecule has 0 amide bonds. The van der Waals surface area contributed by atoms with Crippen molar-refractivity contribution in [3.8, 4) is 0 Å². The lowest BCUT2D eigenvalue weighted by atomic mass is 10.1. The zero-order chi connectivity index (χ0) is 13.2. The van der Waals surface area contributed by atoms with Gasteiger partial charge in [-0.05, 0) is 25.0 Å². The van der Waals surface area contributed by atoms with Gasteiger partial charge in [-0.25, -0.2) is 8.42 Å². The van der Waals surface area contributed by atoms with Crippen molar-refractivity contribution in [3.63, 3.8) is 0 Å². The molecule has 1 atom stereocenters. The number of benzene rings is 1. The zero-order valence-electron chi connectivity index (χ0n) is 10.5. The lowest BCUT2D eigenvalue weighted by Crippen LogP contribution is -2.36. The third-order valence-corrected chi connectivity index (χ3v) is 5.81. The molecule has 1 heterocycles. The van der Waals surface area contributed by atoms with Crippen LogP contribution in [0.15, 0.2) is 29.2 Å². The first-order chi connectivity index (χ1) is 8.54. The van der Waals surface area contributed by atoms with E-state index in [0.717, 1.165) is 31.6 Å². The van der Waals surface area contributed by atoms with Crippen molar-refractivity contribution in [1.29, 1.82) is 0 Å². The highest BCUT2D eigenvalue weighted by Crippen LogP contribution is 2.29. The summed E-state index contributed by atoms with van der Waals surface area (Å²) in [5, 5.41) is 0. The number of piperidine rings is 1. The lowest BCUT2D eigenvalue weighted by Gasteiger charge is -2.33. The van der Waals surface area contributed by atoms with Gasteiger partial charge in [-0.15, -0.1) is 0 Å². The molecule has 1 aromatic carbocycles. The second kappa shape index (κ2) is 5.61. The van der Waals surface area contributed by atoms with Crippen LogP contribution >= 0.6 is 15.9 Å². The maximum Gasteiger partial charge on any atom is 0.180 e. The monoisotopic (exact) mass is 331 g/mol. The number of sulfone groups is 1. The summed E-state index contributed by atoms with van der Waals surface area (Å²) in [6.45, 7) is 3.49. The van der Waals surface area contributed by atoms with Gasteiger partial charge in [0.15, 0.2) is 9.84 Å². The Hall–Kier alpha value is -0.550. The van der Waals surface area contributed by atoms with Gasteiger partial charge in [-0.2, -0.15) is 0 Å². The first-order valence-corrected chi connectivity index (χ1v) is 8.82. The highest BCUT2D eigenvalue weighted by atomic mass is 79.9. The first-order valence-electron chi connectivity index (χ1n) is 6.25. The summed E-state index contributed by atoms with van der Waals surface area (Å²) in [5.74, 6) is 0.148. The van der Waals surface area contributed by atoms with Crippen LogP contribution in [-0.4, -0.2) is 32.1 Å². The molecule has 0 aliphatic carbocycles. The fraction of sp³-hybridized carbons (Fsp3) is 0.538. The molecular weight excluding hydrogens is 314 g/mol. The van der Waals surface area contributed by atoms with Crippen LogP contribution in [0, 0.1) is 0 Å². The van der Waals surface area contributed by atoms with Crippen molar-refractivity contribution in [2.75, 3.05) is 23.7 Å². The van der Waals surface area contributed by atoms with E-state index in [1.807, 2.05) is 12.1 Å². The van der Waals surface area contributed by atoms with Gasteiger partial charge in [0.1, 0.15) is 0 Å². The van der Waals surface area contributed by atoms with E-state index in [0.29, 0.717) is 9.72 Å². The van der Waals surface area contributed by atoms with Gasteiger partial charge in [-0.1, -0.05) is 35.0 Å². The van der Waals surface area contributed by atoms with Gasteiger partial charge in [0.05, 0.1) is 16.3 Å². The summed E-state index contributed by atoms with van der Waals surface area (Å²) in [7, 11) is -3.15. The molecule has 1 unspecified atom stereocenters. The Morgan fingerprint density at radius 2 is 2.11 bits per heavy atom. The van der Waals surface area contributed by atoms with Crippen LogP contribution in [0.2, 0.25) is 0 Å². The van der Waals surface area contributed by atoms with E-state index in [4.69, 9.17) is 0 Å². The van der Waals surface area contributed by atoms with Crippen molar-refractivity contribution in [1.82, 2.24) is 0 Å². The Morgan fingerprint density at radius 3 is 2.78 bits per heavy atom. The van der Waals surface area contributed by atoms with E-state index in [1.165, 1.54) is 0 Å². The molecule has 1 fully saturated rings. The average Bonchev–Trinajstić information content (AvgIpc) is 2.39. The number of hydrogen-bond acceptors (Lipinski definition) is 3. The van der Waals surface area contributed by atoms with Crippen molar-refractivity contribution in [2.24, 2.45) is 0 Å². The summed E-state index contributed by atoms with van der Waals surface area (Å²) < 4.78 is 24.2. The molecule has 0 bridgehead atoms. The minimum Gasteiger partial charge on any atom is -0.369 e. The third-order valence-electron chi connectivity index (χ3n) is 3.28.